The Hall–Kier alpha value is -2.51. The molecule has 0 atom stereocenters. The molecular formula is C20H20N2O3S2. The lowest BCUT2D eigenvalue weighted by Gasteiger charge is -2.08. The number of sulfone groups is 1. The van der Waals surface area contributed by atoms with E-state index in [2.05, 4.69) is 36.3 Å². The summed E-state index contributed by atoms with van der Waals surface area (Å²) in [6, 6.07) is 10.4. The van der Waals surface area contributed by atoms with E-state index in [1.165, 1.54) is 34.6 Å². The minimum Gasteiger partial charge on any atom is -0.298 e. The Balaban J connectivity index is 1.90. The molecule has 7 heteroatoms. The van der Waals surface area contributed by atoms with Gasteiger partial charge in [0.25, 0.3) is 5.91 Å². The van der Waals surface area contributed by atoms with Gasteiger partial charge in [-0.3, -0.25) is 10.1 Å². The molecule has 0 aliphatic carbocycles. The number of carbonyl (C=O) groups excluding carboxylic acids is 1. The van der Waals surface area contributed by atoms with E-state index >= 15 is 0 Å². The molecule has 1 aromatic heterocycles. The fraction of sp³-hybridized carbons (Fsp3) is 0.200. The van der Waals surface area contributed by atoms with Gasteiger partial charge in [-0.1, -0.05) is 18.2 Å². The molecule has 0 fully saturated rings. The van der Waals surface area contributed by atoms with Crippen molar-refractivity contribution in [3.8, 4) is 11.3 Å². The lowest BCUT2D eigenvalue weighted by atomic mass is 9.99. The van der Waals surface area contributed by atoms with Crippen molar-refractivity contribution >= 4 is 32.2 Å². The van der Waals surface area contributed by atoms with Gasteiger partial charge in [0.2, 0.25) is 0 Å². The first-order valence-electron chi connectivity index (χ1n) is 8.31. The van der Waals surface area contributed by atoms with Gasteiger partial charge in [0.05, 0.1) is 16.2 Å². The highest BCUT2D eigenvalue weighted by molar-refractivity contribution is 7.90. The van der Waals surface area contributed by atoms with Crippen molar-refractivity contribution in [1.29, 1.82) is 0 Å². The van der Waals surface area contributed by atoms with Gasteiger partial charge >= 0.3 is 0 Å². The van der Waals surface area contributed by atoms with Crippen LogP contribution in [-0.2, 0) is 9.84 Å². The third-order valence-electron chi connectivity index (χ3n) is 4.37. The zero-order valence-electron chi connectivity index (χ0n) is 15.5. The summed E-state index contributed by atoms with van der Waals surface area (Å²) in [6.45, 7) is 6.15. The largest absolute Gasteiger partial charge is 0.298 e. The number of carbonyl (C=O) groups is 1. The molecule has 0 radical (unpaired) electrons. The molecule has 27 heavy (non-hydrogen) atoms. The maximum absolute atomic E-state index is 12.6. The van der Waals surface area contributed by atoms with E-state index in [0.29, 0.717) is 5.13 Å². The SMILES string of the molecule is Cc1cc(C)c(-c2csc(NC(=O)c3ccccc3S(C)(=O)=O)n2)cc1C. The zero-order chi connectivity index (χ0) is 19.8. The normalized spacial score (nSPS) is 11.4. The summed E-state index contributed by atoms with van der Waals surface area (Å²) in [5.41, 5.74) is 5.43. The maximum Gasteiger partial charge on any atom is 0.258 e. The number of benzene rings is 2. The first kappa shape index (κ1) is 19.3. The molecule has 0 bridgehead atoms. The number of nitrogens with zero attached hydrogens (tertiary/aromatic N) is 1. The maximum atomic E-state index is 12.6. The Morgan fingerprint density at radius 2 is 1.70 bits per heavy atom. The second kappa shape index (κ2) is 7.25. The van der Waals surface area contributed by atoms with Crippen LogP contribution >= 0.6 is 11.3 Å². The van der Waals surface area contributed by atoms with Crippen molar-refractivity contribution in [2.24, 2.45) is 0 Å². The molecule has 0 aliphatic rings. The number of thiazole rings is 1. The molecule has 0 aliphatic heterocycles. The van der Waals surface area contributed by atoms with Crippen LogP contribution < -0.4 is 5.32 Å². The molecule has 5 nitrogen and oxygen atoms in total. The fourth-order valence-electron chi connectivity index (χ4n) is 2.83. The van der Waals surface area contributed by atoms with E-state index < -0.39 is 15.7 Å². The van der Waals surface area contributed by atoms with Crippen LogP contribution in [0.1, 0.15) is 27.0 Å². The summed E-state index contributed by atoms with van der Waals surface area (Å²) >= 11 is 1.31. The first-order chi connectivity index (χ1) is 12.7. The number of anilines is 1. The molecule has 1 heterocycles. The van der Waals surface area contributed by atoms with Crippen molar-refractivity contribution in [2.75, 3.05) is 11.6 Å². The summed E-state index contributed by atoms with van der Waals surface area (Å²) in [5.74, 6) is -0.492. The monoisotopic (exact) mass is 400 g/mol. The average molecular weight is 401 g/mol. The zero-order valence-corrected chi connectivity index (χ0v) is 17.2. The van der Waals surface area contributed by atoms with Crippen molar-refractivity contribution in [1.82, 2.24) is 4.98 Å². The van der Waals surface area contributed by atoms with Crippen molar-refractivity contribution in [3.63, 3.8) is 0 Å². The molecule has 1 amide bonds. The smallest absolute Gasteiger partial charge is 0.258 e. The number of hydrogen-bond donors (Lipinski definition) is 1. The number of aromatic nitrogens is 1. The third-order valence-corrected chi connectivity index (χ3v) is 6.29. The number of rotatable bonds is 4. The Morgan fingerprint density at radius 3 is 2.41 bits per heavy atom. The Kier molecular flexibility index (Phi) is 5.17. The standard InChI is InChI=1S/C20H20N2O3S2/c1-12-9-14(3)16(10-13(12)2)17-11-26-20(21-17)22-19(23)15-7-5-6-8-18(15)27(4,24)25/h5-11H,1-4H3,(H,21,22,23). The third kappa shape index (κ3) is 4.09. The van der Waals surface area contributed by atoms with Crippen LogP contribution in [0.5, 0.6) is 0 Å². The molecule has 0 spiro atoms. The van der Waals surface area contributed by atoms with Gasteiger partial charge in [-0.2, -0.15) is 0 Å². The number of hydrogen-bond acceptors (Lipinski definition) is 5. The van der Waals surface area contributed by atoms with Crippen LogP contribution in [0.25, 0.3) is 11.3 Å². The summed E-state index contributed by atoms with van der Waals surface area (Å²) in [5, 5.41) is 5.02. The van der Waals surface area contributed by atoms with E-state index in [-0.39, 0.29) is 10.5 Å². The molecule has 3 aromatic rings. The minimum atomic E-state index is -3.50. The van der Waals surface area contributed by atoms with Crippen LogP contribution in [0.3, 0.4) is 0 Å². The molecule has 140 valence electrons. The average Bonchev–Trinajstić information content (AvgIpc) is 3.05. The van der Waals surface area contributed by atoms with E-state index in [9.17, 15) is 13.2 Å². The number of aryl methyl sites for hydroxylation is 3. The van der Waals surface area contributed by atoms with Crippen LogP contribution in [0.2, 0.25) is 0 Å². The van der Waals surface area contributed by atoms with Gasteiger partial charge < -0.3 is 0 Å². The number of amides is 1. The Labute approximate surface area is 163 Å². The fourth-order valence-corrected chi connectivity index (χ4v) is 4.42. The molecule has 0 unspecified atom stereocenters. The van der Waals surface area contributed by atoms with Crippen molar-refractivity contribution in [3.05, 3.63) is 64.0 Å². The Bertz CT molecular complexity index is 1130. The second-order valence-electron chi connectivity index (χ2n) is 6.51. The molecule has 2 aromatic carbocycles. The predicted octanol–water partition coefficient (Wildman–Crippen LogP) is 4.39. The van der Waals surface area contributed by atoms with Gasteiger partial charge in [-0.15, -0.1) is 11.3 Å². The molecule has 1 N–H and O–H groups in total. The Morgan fingerprint density at radius 1 is 1.04 bits per heavy atom. The van der Waals surface area contributed by atoms with Gasteiger partial charge in [0.1, 0.15) is 0 Å². The van der Waals surface area contributed by atoms with E-state index in [4.69, 9.17) is 0 Å². The van der Waals surface area contributed by atoms with Crippen LogP contribution in [-0.4, -0.2) is 25.6 Å². The van der Waals surface area contributed by atoms with Crippen LogP contribution in [0, 0.1) is 20.8 Å². The highest BCUT2D eigenvalue weighted by Crippen LogP contribution is 2.30. The highest BCUT2D eigenvalue weighted by atomic mass is 32.2. The van der Waals surface area contributed by atoms with Crippen molar-refractivity contribution < 1.29 is 13.2 Å². The van der Waals surface area contributed by atoms with Crippen LogP contribution in [0.15, 0.2) is 46.7 Å². The van der Waals surface area contributed by atoms with Gasteiger partial charge in [-0.05, 0) is 55.7 Å². The van der Waals surface area contributed by atoms with Crippen molar-refractivity contribution in [2.45, 2.75) is 25.7 Å². The molecule has 0 saturated heterocycles. The quantitative estimate of drug-likeness (QED) is 0.705. The van der Waals surface area contributed by atoms with Gasteiger partial charge in [0.15, 0.2) is 15.0 Å². The van der Waals surface area contributed by atoms with E-state index in [0.717, 1.165) is 23.1 Å². The topological polar surface area (TPSA) is 76.1 Å². The second-order valence-corrected chi connectivity index (χ2v) is 9.35. The molecule has 3 rings (SSSR count). The highest BCUT2D eigenvalue weighted by Gasteiger charge is 2.19. The molecular weight excluding hydrogens is 380 g/mol. The van der Waals surface area contributed by atoms with E-state index in [1.54, 1.807) is 12.1 Å². The summed E-state index contributed by atoms with van der Waals surface area (Å²) in [6.07, 6.45) is 1.09. The summed E-state index contributed by atoms with van der Waals surface area (Å²) < 4.78 is 23.8. The molecule has 0 saturated carbocycles. The van der Waals surface area contributed by atoms with Gasteiger partial charge in [0, 0.05) is 17.2 Å². The summed E-state index contributed by atoms with van der Waals surface area (Å²) in [4.78, 5) is 17.1. The lowest BCUT2D eigenvalue weighted by molar-refractivity contribution is 0.102. The lowest BCUT2D eigenvalue weighted by Crippen LogP contribution is -2.15. The first-order valence-corrected chi connectivity index (χ1v) is 11.1. The predicted molar refractivity (Wildman–Crippen MR) is 109 cm³/mol. The minimum absolute atomic E-state index is 0.00397. The van der Waals surface area contributed by atoms with Crippen LogP contribution in [0.4, 0.5) is 5.13 Å². The van der Waals surface area contributed by atoms with E-state index in [1.807, 2.05) is 12.3 Å². The number of nitrogens with one attached hydrogen (secondary N) is 1. The summed E-state index contributed by atoms with van der Waals surface area (Å²) in [7, 11) is -3.50. The van der Waals surface area contributed by atoms with Gasteiger partial charge in [-0.25, -0.2) is 13.4 Å².